The summed E-state index contributed by atoms with van der Waals surface area (Å²) >= 11 is 0. The van der Waals surface area contributed by atoms with E-state index in [4.69, 9.17) is 14.0 Å². The van der Waals surface area contributed by atoms with E-state index in [2.05, 4.69) is 16.6 Å². The van der Waals surface area contributed by atoms with Crippen LogP contribution in [0.15, 0.2) is 17.2 Å². The van der Waals surface area contributed by atoms with E-state index in [1.807, 2.05) is 19.9 Å². The molecule has 0 amide bonds. The van der Waals surface area contributed by atoms with Crippen molar-refractivity contribution < 1.29 is 14.0 Å². The fourth-order valence-corrected chi connectivity index (χ4v) is 4.01. The zero-order chi connectivity index (χ0) is 16.3. The Kier molecular flexibility index (Phi) is 5.19. The quantitative estimate of drug-likeness (QED) is 0.596. The molecular weight excluding hydrogens is 292 g/mol. The van der Waals surface area contributed by atoms with Crippen LogP contribution in [0.5, 0.6) is 0 Å². The fraction of sp³-hybridized carbons (Fsp3) is 0.722. The molecule has 1 aliphatic carbocycles. The molecule has 23 heavy (non-hydrogen) atoms. The van der Waals surface area contributed by atoms with Gasteiger partial charge < -0.3 is 14.0 Å². The van der Waals surface area contributed by atoms with Gasteiger partial charge in [0.05, 0.1) is 31.1 Å². The van der Waals surface area contributed by atoms with Crippen LogP contribution < -0.4 is 0 Å². The van der Waals surface area contributed by atoms with Gasteiger partial charge in [-0.1, -0.05) is 17.7 Å². The van der Waals surface area contributed by atoms with E-state index in [-0.39, 0.29) is 5.60 Å². The van der Waals surface area contributed by atoms with Gasteiger partial charge >= 0.3 is 0 Å². The highest BCUT2D eigenvalue weighted by Gasteiger charge is 2.47. The lowest BCUT2D eigenvalue weighted by Crippen LogP contribution is -2.54. The van der Waals surface area contributed by atoms with Crippen molar-refractivity contribution in [3.05, 3.63) is 29.7 Å². The minimum absolute atomic E-state index is 0.0433. The van der Waals surface area contributed by atoms with E-state index in [0.29, 0.717) is 12.5 Å². The van der Waals surface area contributed by atoms with Crippen LogP contribution in [0.4, 0.5) is 0 Å². The van der Waals surface area contributed by atoms with Crippen molar-refractivity contribution in [3.8, 4) is 0 Å². The average Bonchev–Trinajstić information content (AvgIpc) is 3.06. The molecule has 1 aromatic rings. The number of hydrogen-bond acceptors (Lipinski definition) is 5. The summed E-state index contributed by atoms with van der Waals surface area (Å²) in [6.07, 6.45) is 5.36. The minimum atomic E-state index is -0.0433. The average molecular weight is 320 g/mol. The lowest BCUT2D eigenvalue weighted by molar-refractivity contribution is -0.142. The molecule has 2 atom stereocenters. The predicted octanol–water partition coefficient (Wildman–Crippen LogP) is 2.87. The third-order valence-electron chi connectivity index (χ3n) is 5.30. The smallest absolute Gasteiger partial charge is 0.138 e. The molecule has 128 valence electrons. The van der Waals surface area contributed by atoms with Crippen molar-refractivity contribution >= 4 is 0 Å². The summed E-state index contributed by atoms with van der Waals surface area (Å²) in [5.41, 5.74) is 2.18. The normalized spacial score (nSPS) is 28.5. The molecule has 0 N–H and O–H groups in total. The van der Waals surface area contributed by atoms with Gasteiger partial charge in [-0.2, -0.15) is 0 Å². The van der Waals surface area contributed by atoms with E-state index in [0.717, 1.165) is 50.7 Å². The molecule has 1 saturated carbocycles. The number of ether oxygens (including phenoxy) is 2. The van der Waals surface area contributed by atoms with Crippen molar-refractivity contribution in [2.45, 2.75) is 45.3 Å². The number of morpholine rings is 1. The second kappa shape index (κ2) is 7.16. The van der Waals surface area contributed by atoms with Crippen LogP contribution in [0.25, 0.3) is 0 Å². The standard InChI is InChI=1S/C18H28N2O3/c1-4-9-21-12-16-6-5-7-18(16)13-20(8-10-22-18)11-17-14(2)19-23-15(17)3/h4,16H,1,5-13H2,2-3H3/t16-,18-/m1/s1. The largest absolute Gasteiger partial charge is 0.377 e. The number of rotatable bonds is 6. The summed E-state index contributed by atoms with van der Waals surface area (Å²) in [4.78, 5) is 2.49. The Hall–Kier alpha value is -1.17. The van der Waals surface area contributed by atoms with Gasteiger partial charge in [-0.3, -0.25) is 4.90 Å². The van der Waals surface area contributed by atoms with E-state index in [9.17, 15) is 0 Å². The predicted molar refractivity (Wildman–Crippen MR) is 88.3 cm³/mol. The van der Waals surface area contributed by atoms with Crippen LogP contribution in [0, 0.1) is 19.8 Å². The summed E-state index contributed by atoms with van der Waals surface area (Å²) in [7, 11) is 0. The second-order valence-corrected chi connectivity index (χ2v) is 6.84. The molecule has 2 aliphatic rings. The van der Waals surface area contributed by atoms with Crippen LogP contribution in [-0.4, -0.2) is 48.6 Å². The van der Waals surface area contributed by atoms with Gasteiger partial charge in [-0.05, 0) is 26.7 Å². The maximum Gasteiger partial charge on any atom is 0.138 e. The molecule has 1 saturated heterocycles. The number of hydrogen-bond donors (Lipinski definition) is 0. The topological polar surface area (TPSA) is 47.7 Å². The molecular formula is C18H28N2O3. The Morgan fingerprint density at radius 2 is 2.35 bits per heavy atom. The Balaban J connectivity index is 1.66. The van der Waals surface area contributed by atoms with E-state index >= 15 is 0 Å². The molecule has 5 nitrogen and oxygen atoms in total. The third-order valence-corrected chi connectivity index (χ3v) is 5.30. The summed E-state index contributed by atoms with van der Waals surface area (Å²) in [6.45, 7) is 12.7. The molecule has 2 heterocycles. The van der Waals surface area contributed by atoms with Crippen molar-refractivity contribution in [1.82, 2.24) is 10.1 Å². The first kappa shape index (κ1) is 16.7. The first-order valence-corrected chi connectivity index (χ1v) is 8.61. The summed E-state index contributed by atoms with van der Waals surface area (Å²) in [6, 6.07) is 0. The zero-order valence-corrected chi connectivity index (χ0v) is 14.3. The molecule has 5 heteroatoms. The van der Waals surface area contributed by atoms with Crippen molar-refractivity contribution in [3.63, 3.8) is 0 Å². The molecule has 0 aromatic carbocycles. The van der Waals surface area contributed by atoms with Gasteiger partial charge in [0, 0.05) is 31.1 Å². The molecule has 0 radical (unpaired) electrons. The van der Waals surface area contributed by atoms with Crippen LogP contribution in [-0.2, 0) is 16.0 Å². The van der Waals surface area contributed by atoms with E-state index in [1.165, 1.54) is 18.4 Å². The first-order chi connectivity index (χ1) is 11.1. The lowest BCUT2D eigenvalue weighted by Gasteiger charge is -2.44. The summed E-state index contributed by atoms with van der Waals surface area (Å²) in [5, 5.41) is 4.07. The van der Waals surface area contributed by atoms with E-state index in [1.54, 1.807) is 0 Å². The molecule has 0 unspecified atom stereocenters. The molecule has 1 aliphatic heterocycles. The van der Waals surface area contributed by atoms with Gasteiger partial charge in [0.1, 0.15) is 5.76 Å². The van der Waals surface area contributed by atoms with Crippen LogP contribution >= 0.6 is 0 Å². The molecule has 0 bridgehead atoms. The maximum atomic E-state index is 6.29. The number of aryl methyl sites for hydroxylation is 2. The van der Waals surface area contributed by atoms with Crippen LogP contribution in [0.3, 0.4) is 0 Å². The highest BCUT2D eigenvalue weighted by molar-refractivity contribution is 5.20. The Bertz CT molecular complexity index is 523. The van der Waals surface area contributed by atoms with Gasteiger partial charge in [0.15, 0.2) is 0 Å². The molecule has 2 fully saturated rings. The van der Waals surface area contributed by atoms with Crippen molar-refractivity contribution in [1.29, 1.82) is 0 Å². The highest BCUT2D eigenvalue weighted by Crippen LogP contribution is 2.41. The maximum absolute atomic E-state index is 6.29. The van der Waals surface area contributed by atoms with Crippen molar-refractivity contribution in [2.75, 3.05) is 32.9 Å². The number of nitrogens with zero attached hydrogens (tertiary/aromatic N) is 2. The molecule has 3 rings (SSSR count). The van der Waals surface area contributed by atoms with Gasteiger partial charge in [-0.15, -0.1) is 6.58 Å². The monoisotopic (exact) mass is 320 g/mol. The zero-order valence-electron chi connectivity index (χ0n) is 14.3. The van der Waals surface area contributed by atoms with Gasteiger partial charge in [-0.25, -0.2) is 0 Å². The van der Waals surface area contributed by atoms with Crippen LogP contribution in [0.1, 0.15) is 36.3 Å². The van der Waals surface area contributed by atoms with Crippen LogP contribution in [0.2, 0.25) is 0 Å². The van der Waals surface area contributed by atoms with Gasteiger partial charge in [0.25, 0.3) is 0 Å². The summed E-state index contributed by atoms with van der Waals surface area (Å²) in [5.74, 6) is 1.41. The van der Waals surface area contributed by atoms with Crippen molar-refractivity contribution in [2.24, 2.45) is 5.92 Å². The Morgan fingerprint density at radius 1 is 1.48 bits per heavy atom. The van der Waals surface area contributed by atoms with E-state index < -0.39 is 0 Å². The Morgan fingerprint density at radius 3 is 3.09 bits per heavy atom. The second-order valence-electron chi connectivity index (χ2n) is 6.84. The van der Waals surface area contributed by atoms with Gasteiger partial charge in [0.2, 0.25) is 0 Å². The minimum Gasteiger partial charge on any atom is -0.377 e. The first-order valence-electron chi connectivity index (χ1n) is 8.61. The SMILES string of the molecule is C=CCOC[C@H]1CCC[C@@]12CN(Cc1c(C)noc1C)CCO2. The molecule has 1 aromatic heterocycles. The number of aromatic nitrogens is 1. The molecule has 1 spiro atoms. The third kappa shape index (κ3) is 3.52. The fourth-order valence-electron chi connectivity index (χ4n) is 4.01. The highest BCUT2D eigenvalue weighted by atomic mass is 16.5. The lowest BCUT2D eigenvalue weighted by atomic mass is 9.89. The summed E-state index contributed by atoms with van der Waals surface area (Å²) < 4.78 is 17.3. The Labute approximate surface area is 138 Å².